The topological polar surface area (TPSA) is 86.7 Å². The minimum absolute atomic E-state index is 0.0277. The van der Waals surface area contributed by atoms with Crippen molar-refractivity contribution in [2.45, 2.75) is 26.2 Å². The molecule has 0 aliphatic carbocycles. The molecule has 1 heterocycles. The van der Waals surface area contributed by atoms with Gasteiger partial charge in [0.2, 0.25) is 11.8 Å². The van der Waals surface area contributed by atoms with Crippen LogP contribution >= 0.6 is 0 Å². The van der Waals surface area contributed by atoms with Gasteiger partial charge >= 0.3 is 5.97 Å². The maximum absolute atomic E-state index is 12.5. The second kappa shape index (κ2) is 8.87. The number of carboxylic acids is 1. The van der Waals surface area contributed by atoms with Crippen molar-refractivity contribution in [2.24, 2.45) is 11.8 Å². The molecule has 3 rings (SSSR count). The predicted molar refractivity (Wildman–Crippen MR) is 107 cm³/mol. The standard InChI is InChI=1S/C22H26N2O4/c1-15(25)24-11-9-17(10-12-24)21(26)23-14-19(22(27)28)13-18-7-4-6-16-5-2-3-8-20(16)18/h2-8,17,19H,9-14H2,1H3,(H,23,26)(H,27,28). The van der Waals surface area contributed by atoms with Crippen molar-refractivity contribution in [3.63, 3.8) is 0 Å². The first-order valence-corrected chi connectivity index (χ1v) is 9.68. The summed E-state index contributed by atoms with van der Waals surface area (Å²) in [5.41, 5.74) is 0.967. The van der Waals surface area contributed by atoms with Gasteiger partial charge in [-0.05, 0) is 35.6 Å². The molecule has 1 atom stereocenters. The number of piperidine rings is 1. The number of carbonyl (C=O) groups excluding carboxylic acids is 2. The van der Waals surface area contributed by atoms with Gasteiger partial charge in [-0.3, -0.25) is 14.4 Å². The Morgan fingerprint density at radius 2 is 1.79 bits per heavy atom. The van der Waals surface area contributed by atoms with E-state index in [4.69, 9.17) is 0 Å². The highest BCUT2D eigenvalue weighted by Gasteiger charge is 2.27. The van der Waals surface area contributed by atoms with E-state index in [-0.39, 0.29) is 24.3 Å². The van der Waals surface area contributed by atoms with E-state index in [0.29, 0.717) is 32.4 Å². The number of amides is 2. The lowest BCUT2D eigenvalue weighted by molar-refractivity contribution is -0.142. The van der Waals surface area contributed by atoms with E-state index >= 15 is 0 Å². The number of carbonyl (C=O) groups is 3. The third-order valence-corrected chi connectivity index (χ3v) is 5.53. The van der Waals surface area contributed by atoms with E-state index in [1.165, 1.54) is 6.92 Å². The molecule has 1 aliphatic rings. The number of aliphatic carboxylic acids is 1. The molecule has 1 fully saturated rings. The number of nitrogens with one attached hydrogen (secondary N) is 1. The molecule has 0 aromatic heterocycles. The minimum atomic E-state index is -0.917. The van der Waals surface area contributed by atoms with Gasteiger partial charge in [0.25, 0.3) is 0 Å². The fraction of sp³-hybridized carbons (Fsp3) is 0.409. The van der Waals surface area contributed by atoms with Crippen LogP contribution in [-0.4, -0.2) is 47.4 Å². The third kappa shape index (κ3) is 4.68. The second-order valence-corrected chi connectivity index (χ2v) is 7.40. The quantitative estimate of drug-likeness (QED) is 0.803. The summed E-state index contributed by atoms with van der Waals surface area (Å²) in [5.74, 6) is -1.86. The maximum Gasteiger partial charge on any atom is 0.308 e. The van der Waals surface area contributed by atoms with E-state index in [9.17, 15) is 19.5 Å². The van der Waals surface area contributed by atoms with Crippen LogP contribution in [0.3, 0.4) is 0 Å². The lowest BCUT2D eigenvalue weighted by Crippen LogP contribution is -2.43. The van der Waals surface area contributed by atoms with Crippen LogP contribution in [0.2, 0.25) is 0 Å². The molecular weight excluding hydrogens is 356 g/mol. The first kappa shape index (κ1) is 19.9. The summed E-state index contributed by atoms with van der Waals surface area (Å²) >= 11 is 0. The number of hydrogen-bond acceptors (Lipinski definition) is 3. The molecule has 148 valence electrons. The van der Waals surface area contributed by atoms with Crippen molar-refractivity contribution in [3.05, 3.63) is 48.0 Å². The molecule has 28 heavy (non-hydrogen) atoms. The summed E-state index contributed by atoms with van der Waals surface area (Å²) in [4.78, 5) is 37.3. The average Bonchev–Trinajstić information content (AvgIpc) is 2.70. The van der Waals surface area contributed by atoms with Gasteiger partial charge in [-0.1, -0.05) is 42.5 Å². The highest BCUT2D eigenvalue weighted by molar-refractivity contribution is 5.86. The molecule has 0 bridgehead atoms. The summed E-state index contributed by atoms with van der Waals surface area (Å²) in [5, 5.41) is 14.6. The van der Waals surface area contributed by atoms with Crippen LogP contribution < -0.4 is 5.32 Å². The van der Waals surface area contributed by atoms with Crippen molar-refractivity contribution in [3.8, 4) is 0 Å². The third-order valence-electron chi connectivity index (χ3n) is 5.53. The van der Waals surface area contributed by atoms with E-state index < -0.39 is 11.9 Å². The highest BCUT2D eigenvalue weighted by Crippen LogP contribution is 2.22. The van der Waals surface area contributed by atoms with Crippen LogP contribution in [0.4, 0.5) is 0 Å². The van der Waals surface area contributed by atoms with Crippen molar-refractivity contribution < 1.29 is 19.5 Å². The molecule has 0 radical (unpaired) electrons. The Hall–Kier alpha value is -2.89. The molecule has 1 aliphatic heterocycles. The van der Waals surface area contributed by atoms with Gasteiger partial charge in [-0.15, -0.1) is 0 Å². The Morgan fingerprint density at radius 3 is 2.46 bits per heavy atom. The number of likely N-dealkylation sites (tertiary alicyclic amines) is 1. The lowest BCUT2D eigenvalue weighted by atomic mass is 9.93. The maximum atomic E-state index is 12.5. The van der Waals surface area contributed by atoms with Crippen LogP contribution in [0, 0.1) is 11.8 Å². The van der Waals surface area contributed by atoms with E-state index in [2.05, 4.69) is 5.32 Å². The average molecular weight is 382 g/mol. The van der Waals surface area contributed by atoms with Crippen molar-refractivity contribution in [1.29, 1.82) is 0 Å². The largest absolute Gasteiger partial charge is 0.481 e. The summed E-state index contributed by atoms with van der Waals surface area (Å²) in [7, 11) is 0. The highest BCUT2D eigenvalue weighted by atomic mass is 16.4. The zero-order chi connectivity index (χ0) is 20.1. The fourth-order valence-electron chi connectivity index (χ4n) is 3.81. The molecule has 2 aromatic carbocycles. The SMILES string of the molecule is CC(=O)N1CCC(C(=O)NCC(Cc2cccc3ccccc23)C(=O)O)CC1. The van der Waals surface area contributed by atoms with E-state index in [1.807, 2.05) is 42.5 Å². The van der Waals surface area contributed by atoms with Gasteiger partial charge in [0, 0.05) is 32.5 Å². The van der Waals surface area contributed by atoms with Gasteiger partial charge in [-0.25, -0.2) is 0 Å². The van der Waals surface area contributed by atoms with Gasteiger partial charge in [-0.2, -0.15) is 0 Å². The van der Waals surface area contributed by atoms with Gasteiger partial charge in [0.15, 0.2) is 0 Å². The number of fused-ring (bicyclic) bond motifs is 1. The second-order valence-electron chi connectivity index (χ2n) is 7.40. The van der Waals surface area contributed by atoms with E-state index in [1.54, 1.807) is 4.90 Å². The molecule has 6 heteroatoms. The van der Waals surface area contributed by atoms with Crippen LogP contribution in [0.1, 0.15) is 25.3 Å². The molecule has 2 amide bonds. The molecule has 0 spiro atoms. The van der Waals surface area contributed by atoms with Gasteiger partial charge in [0.05, 0.1) is 5.92 Å². The molecule has 0 saturated carbocycles. The monoisotopic (exact) mass is 382 g/mol. The minimum Gasteiger partial charge on any atom is -0.481 e. The molecule has 1 saturated heterocycles. The number of carboxylic acid groups (broad SMARTS) is 1. The molecule has 1 unspecified atom stereocenters. The molecule has 6 nitrogen and oxygen atoms in total. The zero-order valence-electron chi connectivity index (χ0n) is 16.1. The molecule has 2 N–H and O–H groups in total. The van der Waals surface area contributed by atoms with Crippen molar-refractivity contribution in [2.75, 3.05) is 19.6 Å². The fourth-order valence-corrected chi connectivity index (χ4v) is 3.81. The van der Waals surface area contributed by atoms with Crippen LogP contribution in [0.15, 0.2) is 42.5 Å². The Labute approximate surface area is 164 Å². The van der Waals surface area contributed by atoms with Crippen LogP contribution in [0.25, 0.3) is 10.8 Å². The number of hydrogen-bond donors (Lipinski definition) is 2. The Bertz CT molecular complexity index is 866. The van der Waals surface area contributed by atoms with Gasteiger partial charge in [0.1, 0.15) is 0 Å². The zero-order valence-corrected chi connectivity index (χ0v) is 16.1. The number of rotatable bonds is 6. The molecule has 2 aromatic rings. The van der Waals surface area contributed by atoms with E-state index in [0.717, 1.165) is 16.3 Å². The number of benzene rings is 2. The first-order chi connectivity index (χ1) is 13.5. The normalized spacial score (nSPS) is 16.0. The summed E-state index contributed by atoms with van der Waals surface area (Å²) in [6, 6.07) is 13.8. The predicted octanol–water partition coefficient (Wildman–Crippen LogP) is 2.46. The summed E-state index contributed by atoms with van der Waals surface area (Å²) < 4.78 is 0. The first-order valence-electron chi connectivity index (χ1n) is 9.68. The Balaban J connectivity index is 1.60. The van der Waals surface area contributed by atoms with Crippen molar-refractivity contribution >= 4 is 28.6 Å². The molecular formula is C22H26N2O4. The van der Waals surface area contributed by atoms with Crippen LogP contribution in [-0.2, 0) is 20.8 Å². The summed E-state index contributed by atoms with van der Waals surface area (Å²) in [6.45, 7) is 2.78. The van der Waals surface area contributed by atoms with Gasteiger partial charge < -0.3 is 15.3 Å². The summed E-state index contributed by atoms with van der Waals surface area (Å²) in [6.07, 6.45) is 1.60. The number of nitrogens with zero attached hydrogens (tertiary/aromatic N) is 1. The smallest absolute Gasteiger partial charge is 0.308 e. The Kier molecular flexibility index (Phi) is 6.29. The Morgan fingerprint density at radius 1 is 1.11 bits per heavy atom. The van der Waals surface area contributed by atoms with Crippen molar-refractivity contribution in [1.82, 2.24) is 10.2 Å². The lowest BCUT2D eigenvalue weighted by Gasteiger charge is -2.30. The van der Waals surface area contributed by atoms with Crippen LogP contribution in [0.5, 0.6) is 0 Å².